The second kappa shape index (κ2) is 8.40. The maximum atomic E-state index is 11.7. The Bertz CT molecular complexity index is 874. The number of carbonyl (C=O) groups is 1. The van der Waals surface area contributed by atoms with Crippen LogP contribution in [-0.2, 0) is 9.53 Å². The Kier molecular flexibility index (Phi) is 6.61. The Hall–Kier alpha value is -0.690. The molecule has 4 fully saturated rings. The maximum Gasteiger partial charge on any atom is 0.303 e. The summed E-state index contributed by atoms with van der Waals surface area (Å²) in [6.45, 7) is 16.4. The molecule has 0 aromatic rings. The molecule has 3 saturated carbocycles. The number of rotatable bonds is 6. The van der Waals surface area contributed by atoms with E-state index >= 15 is 0 Å². The molecule has 1 heterocycles. The molecular formula is C30H52O6. The van der Waals surface area contributed by atoms with Gasteiger partial charge in [-0.15, -0.1) is 0 Å². The van der Waals surface area contributed by atoms with Crippen LogP contribution in [0.4, 0.5) is 0 Å². The van der Waals surface area contributed by atoms with E-state index in [1.807, 2.05) is 13.8 Å². The molecule has 6 heteroatoms. The molecule has 9 atom stereocenters. The van der Waals surface area contributed by atoms with Gasteiger partial charge >= 0.3 is 5.97 Å². The number of aliphatic hydroxyl groups is 3. The van der Waals surface area contributed by atoms with E-state index in [0.717, 1.165) is 44.9 Å². The highest BCUT2D eigenvalue weighted by Crippen LogP contribution is 2.74. The molecule has 1 aliphatic heterocycles. The lowest BCUT2D eigenvalue weighted by Gasteiger charge is -2.67. The zero-order valence-corrected chi connectivity index (χ0v) is 24.0. The van der Waals surface area contributed by atoms with Gasteiger partial charge in [0.1, 0.15) is 5.60 Å². The summed E-state index contributed by atoms with van der Waals surface area (Å²) < 4.78 is 6.42. The van der Waals surface area contributed by atoms with Crippen molar-refractivity contribution in [1.29, 1.82) is 0 Å². The van der Waals surface area contributed by atoms with E-state index in [1.165, 1.54) is 0 Å². The van der Waals surface area contributed by atoms with E-state index in [9.17, 15) is 25.2 Å². The lowest BCUT2D eigenvalue weighted by atomic mass is 9.37. The summed E-state index contributed by atoms with van der Waals surface area (Å²) in [4.78, 5) is 11.7. The summed E-state index contributed by atoms with van der Waals surface area (Å²) in [6, 6.07) is 0. The molecule has 0 amide bonds. The number of aliphatic carboxylic acids is 1. The lowest BCUT2D eigenvalue weighted by molar-refractivity contribution is -0.306. The molecular weight excluding hydrogens is 456 g/mol. The molecule has 3 aliphatic carbocycles. The smallest absolute Gasteiger partial charge is 0.303 e. The largest absolute Gasteiger partial charge is 0.481 e. The summed E-state index contributed by atoms with van der Waals surface area (Å²) in [6.07, 6.45) is 8.09. The van der Waals surface area contributed by atoms with Gasteiger partial charge in [-0.25, -0.2) is 0 Å². The van der Waals surface area contributed by atoms with Crippen LogP contribution in [0.15, 0.2) is 0 Å². The molecule has 0 bridgehead atoms. The zero-order chi connectivity index (χ0) is 27.2. The Labute approximate surface area is 218 Å². The molecule has 0 aromatic carbocycles. The third-order valence-corrected chi connectivity index (χ3v) is 12.5. The topological polar surface area (TPSA) is 107 Å². The van der Waals surface area contributed by atoms with Gasteiger partial charge in [-0.3, -0.25) is 4.79 Å². The molecule has 0 aromatic heterocycles. The highest BCUT2D eigenvalue weighted by Gasteiger charge is 2.69. The highest BCUT2D eigenvalue weighted by molar-refractivity contribution is 5.66. The van der Waals surface area contributed by atoms with Gasteiger partial charge < -0.3 is 25.2 Å². The second-order valence-electron chi connectivity index (χ2n) is 15.1. The molecule has 4 N–H and O–H groups in total. The van der Waals surface area contributed by atoms with Gasteiger partial charge in [-0.2, -0.15) is 0 Å². The second-order valence-corrected chi connectivity index (χ2v) is 15.1. The molecule has 6 nitrogen and oxygen atoms in total. The van der Waals surface area contributed by atoms with Gasteiger partial charge in [0.05, 0.1) is 11.2 Å². The molecule has 4 aliphatic rings. The van der Waals surface area contributed by atoms with Gasteiger partial charge in [0.25, 0.3) is 0 Å². The first-order valence-electron chi connectivity index (χ1n) is 14.3. The summed E-state index contributed by atoms with van der Waals surface area (Å²) in [5.74, 6) is -1.10. The Balaban J connectivity index is 1.67. The SMILES string of the molecule is CC(C)(O)[C@@H]1CC[C@]2(C)[C@H](CC[C@@H]3[C@@H]([C@]4(C)CC[C@@](O)(C(C)(C)O)O4)CC[C@]32C)[C@]1(C)CCC(=O)O. The number of fused-ring (bicyclic) bond motifs is 3. The van der Waals surface area contributed by atoms with E-state index < -0.39 is 28.6 Å². The zero-order valence-electron chi connectivity index (χ0n) is 24.0. The van der Waals surface area contributed by atoms with Gasteiger partial charge in [0.2, 0.25) is 0 Å². The first-order chi connectivity index (χ1) is 16.2. The Morgan fingerprint density at radius 1 is 0.861 bits per heavy atom. The minimum Gasteiger partial charge on any atom is -0.481 e. The van der Waals surface area contributed by atoms with Crippen molar-refractivity contribution in [3.8, 4) is 0 Å². The fraction of sp³-hybridized carbons (Fsp3) is 0.967. The van der Waals surface area contributed by atoms with Crippen molar-refractivity contribution in [3.05, 3.63) is 0 Å². The van der Waals surface area contributed by atoms with Gasteiger partial charge in [0, 0.05) is 12.8 Å². The van der Waals surface area contributed by atoms with Crippen molar-refractivity contribution in [2.45, 2.75) is 142 Å². The molecule has 36 heavy (non-hydrogen) atoms. The van der Waals surface area contributed by atoms with Crippen LogP contribution in [0.2, 0.25) is 0 Å². The predicted molar refractivity (Wildman–Crippen MR) is 139 cm³/mol. The highest BCUT2D eigenvalue weighted by atomic mass is 16.7. The van der Waals surface area contributed by atoms with Crippen molar-refractivity contribution in [2.24, 2.45) is 39.9 Å². The predicted octanol–water partition coefficient (Wildman–Crippen LogP) is 5.52. The number of hydrogen-bond acceptors (Lipinski definition) is 5. The van der Waals surface area contributed by atoms with E-state index in [2.05, 4.69) is 27.7 Å². The minimum atomic E-state index is -1.53. The molecule has 4 rings (SSSR count). The van der Waals surface area contributed by atoms with Crippen LogP contribution in [0.3, 0.4) is 0 Å². The summed E-state index contributed by atoms with van der Waals surface area (Å²) in [5, 5.41) is 42.6. The molecule has 0 radical (unpaired) electrons. The van der Waals surface area contributed by atoms with Crippen molar-refractivity contribution in [2.75, 3.05) is 0 Å². The van der Waals surface area contributed by atoms with Crippen molar-refractivity contribution < 1.29 is 30.0 Å². The first kappa shape index (κ1) is 28.3. The summed E-state index contributed by atoms with van der Waals surface area (Å²) >= 11 is 0. The van der Waals surface area contributed by atoms with Crippen LogP contribution in [0.5, 0.6) is 0 Å². The van der Waals surface area contributed by atoms with Gasteiger partial charge in [-0.1, -0.05) is 20.8 Å². The van der Waals surface area contributed by atoms with Crippen LogP contribution in [-0.4, -0.2) is 49.0 Å². The average Bonchev–Trinajstić information content (AvgIpc) is 3.25. The summed E-state index contributed by atoms with van der Waals surface area (Å²) in [7, 11) is 0. The quantitative estimate of drug-likeness (QED) is 0.377. The Morgan fingerprint density at radius 3 is 2.00 bits per heavy atom. The Morgan fingerprint density at radius 2 is 1.47 bits per heavy atom. The first-order valence-corrected chi connectivity index (χ1v) is 14.3. The molecule has 208 valence electrons. The van der Waals surface area contributed by atoms with E-state index in [1.54, 1.807) is 13.8 Å². The van der Waals surface area contributed by atoms with E-state index in [-0.39, 0.29) is 28.6 Å². The lowest BCUT2D eigenvalue weighted by Crippen LogP contribution is -2.62. The maximum absolute atomic E-state index is 11.7. The van der Waals surface area contributed by atoms with Crippen LogP contribution in [0, 0.1) is 39.9 Å². The van der Waals surface area contributed by atoms with Crippen LogP contribution < -0.4 is 0 Å². The fourth-order valence-electron chi connectivity index (χ4n) is 10.3. The monoisotopic (exact) mass is 508 g/mol. The van der Waals surface area contributed by atoms with E-state index in [0.29, 0.717) is 30.6 Å². The van der Waals surface area contributed by atoms with Crippen LogP contribution in [0.1, 0.15) is 120 Å². The van der Waals surface area contributed by atoms with Crippen molar-refractivity contribution >= 4 is 5.97 Å². The number of carboxylic acids is 1. The third-order valence-electron chi connectivity index (χ3n) is 12.5. The standard InChI is InChI=1S/C30H52O6/c1-24(2,33)21-12-16-28(7)22(26(21,5)14-13-23(31)32)10-9-19-20(11-15-27(19,28)6)29(8)17-18-30(35,36-29)25(3,4)34/h19-22,33-35H,9-18H2,1-8H3,(H,31,32)/t19-,20+,21+,22-,26-,27-,28-,29+,30+/m1/s1. The molecule has 1 saturated heterocycles. The number of hydrogen-bond donors (Lipinski definition) is 4. The molecule has 0 spiro atoms. The van der Waals surface area contributed by atoms with Gasteiger partial charge in [0.15, 0.2) is 5.79 Å². The fourth-order valence-corrected chi connectivity index (χ4v) is 10.3. The van der Waals surface area contributed by atoms with Crippen molar-refractivity contribution in [3.63, 3.8) is 0 Å². The minimum absolute atomic E-state index is 0.0428. The van der Waals surface area contributed by atoms with E-state index in [4.69, 9.17) is 4.74 Å². The number of ether oxygens (including phenoxy) is 1. The number of carboxylic acid groups (broad SMARTS) is 1. The average molecular weight is 509 g/mol. The van der Waals surface area contributed by atoms with Gasteiger partial charge in [-0.05, 0) is 126 Å². The van der Waals surface area contributed by atoms with Crippen molar-refractivity contribution in [1.82, 2.24) is 0 Å². The van der Waals surface area contributed by atoms with Crippen LogP contribution in [0.25, 0.3) is 0 Å². The molecule has 0 unspecified atom stereocenters. The normalized spacial score (nSPS) is 49.5. The third kappa shape index (κ3) is 3.99. The van der Waals surface area contributed by atoms with Crippen LogP contribution >= 0.6 is 0 Å². The summed E-state index contributed by atoms with van der Waals surface area (Å²) in [5.41, 5.74) is -2.77.